The Kier molecular flexibility index (Phi) is 5.03. The van der Waals surface area contributed by atoms with Crippen molar-refractivity contribution in [1.82, 2.24) is 15.5 Å². The molecule has 5 heteroatoms. The van der Waals surface area contributed by atoms with Gasteiger partial charge in [-0.25, -0.2) is 4.79 Å². The van der Waals surface area contributed by atoms with Gasteiger partial charge in [-0.2, -0.15) is 0 Å². The van der Waals surface area contributed by atoms with Gasteiger partial charge in [0, 0.05) is 25.7 Å². The van der Waals surface area contributed by atoms with Gasteiger partial charge in [0.1, 0.15) is 0 Å². The Labute approximate surface area is 148 Å². The van der Waals surface area contributed by atoms with Crippen LogP contribution in [0.2, 0.25) is 0 Å². The fourth-order valence-electron chi connectivity index (χ4n) is 3.30. The minimum Gasteiger partial charge on any atom is -0.355 e. The largest absolute Gasteiger partial charge is 0.355 e. The van der Waals surface area contributed by atoms with Crippen molar-refractivity contribution < 1.29 is 9.59 Å². The summed E-state index contributed by atoms with van der Waals surface area (Å²) in [5.74, 6) is -0.130. The number of rotatable bonds is 3. The number of nitrogens with one attached hydrogen (secondary N) is 2. The SMILES string of the molecule is CNC(=O)c1cccc(CNC(=O)N2CCc3ccccc3C2C)c1. The predicted molar refractivity (Wildman–Crippen MR) is 97.3 cm³/mol. The summed E-state index contributed by atoms with van der Waals surface area (Å²) in [5.41, 5.74) is 4.02. The monoisotopic (exact) mass is 337 g/mol. The number of urea groups is 1. The van der Waals surface area contributed by atoms with Gasteiger partial charge in [0.05, 0.1) is 6.04 Å². The number of fused-ring (bicyclic) bond motifs is 1. The van der Waals surface area contributed by atoms with Crippen LogP contribution in [0.5, 0.6) is 0 Å². The van der Waals surface area contributed by atoms with E-state index in [1.54, 1.807) is 19.2 Å². The fourth-order valence-corrected chi connectivity index (χ4v) is 3.30. The molecule has 0 radical (unpaired) electrons. The zero-order valence-electron chi connectivity index (χ0n) is 14.6. The highest BCUT2D eigenvalue weighted by Gasteiger charge is 2.26. The van der Waals surface area contributed by atoms with Gasteiger partial charge >= 0.3 is 6.03 Å². The van der Waals surface area contributed by atoms with Crippen LogP contribution in [-0.4, -0.2) is 30.4 Å². The number of carbonyl (C=O) groups excluding carboxylic acids is 2. The van der Waals surface area contributed by atoms with E-state index in [4.69, 9.17) is 0 Å². The summed E-state index contributed by atoms with van der Waals surface area (Å²) in [6, 6.07) is 15.5. The predicted octanol–water partition coefficient (Wildman–Crippen LogP) is 2.88. The van der Waals surface area contributed by atoms with Crippen LogP contribution in [0.3, 0.4) is 0 Å². The van der Waals surface area contributed by atoms with E-state index in [1.165, 1.54) is 11.1 Å². The first-order valence-electron chi connectivity index (χ1n) is 8.53. The first kappa shape index (κ1) is 17.0. The van der Waals surface area contributed by atoms with Crippen LogP contribution in [0.1, 0.15) is 40.0 Å². The molecule has 1 aliphatic heterocycles. The first-order chi connectivity index (χ1) is 12.1. The van der Waals surface area contributed by atoms with Gasteiger partial charge in [-0.3, -0.25) is 4.79 Å². The maximum absolute atomic E-state index is 12.6. The summed E-state index contributed by atoms with van der Waals surface area (Å²) in [7, 11) is 1.60. The molecule has 0 aromatic heterocycles. The standard InChI is InChI=1S/C20H23N3O2/c1-14-18-9-4-3-7-16(18)10-11-23(14)20(25)22-13-15-6-5-8-17(12-15)19(24)21-2/h3-9,12,14H,10-11,13H2,1-2H3,(H,21,24)(H,22,25). The molecule has 3 amide bonds. The zero-order chi connectivity index (χ0) is 17.8. The average Bonchev–Trinajstić information content (AvgIpc) is 2.66. The highest BCUT2D eigenvalue weighted by Crippen LogP contribution is 2.28. The molecule has 0 saturated heterocycles. The Bertz CT molecular complexity index is 788. The summed E-state index contributed by atoms with van der Waals surface area (Å²) in [6.45, 7) is 3.17. The van der Waals surface area contributed by atoms with E-state index in [9.17, 15) is 9.59 Å². The highest BCUT2D eigenvalue weighted by atomic mass is 16.2. The van der Waals surface area contributed by atoms with Gasteiger partial charge in [0.2, 0.25) is 0 Å². The molecule has 25 heavy (non-hydrogen) atoms. The Hall–Kier alpha value is -2.82. The Morgan fingerprint density at radius 1 is 1.16 bits per heavy atom. The van der Waals surface area contributed by atoms with Crippen molar-refractivity contribution in [2.45, 2.75) is 25.9 Å². The van der Waals surface area contributed by atoms with Gasteiger partial charge in [0.15, 0.2) is 0 Å². The lowest BCUT2D eigenvalue weighted by Crippen LogP contribution is -2.44. The van der Waals surface area contributed by atoms with Crippen molar-refractivity contribution in [3.05, 3.63) is 70.8 Å². The van der Waals surface area contributed by atoms with Crippen molar-refractivity contribution in [3.8, 4) is 0 Å². The van der Waals surface area contributed by atoms with E-state index in [-0.39, 0.29) is 18.0 Å². The lowest BCUT2D eigenvalue weighted by atomic mass is 9.94. The average molecular weight is 337 g/mol. The number of carbonyl (C=O) groups is 2. The molecule has 2 N–H and O–H groups in total. The third-order valence-electron chi connectivity index (χ3n) is 4.72. The van der Waals surface area contributed by atoms with Crippen molar-refractivity contribution in [3.63, 3.8) is 0 Å². The molecule has 0 aliphatic carbocycles. The van der Waals surface area contributed by atoms with E-state index in [0.717, 1.165) is 12.0 Å². The molecule has 1 atom stereocenters. The summed E-state index contributed by atoms with van der Waals surface area (Å²) >= 11 is 0. The van der Waals surface area contributed by atoms with E-state index in [0.29, 0.717) is 18.7 Å². The number of nitrogens with zero attached hydrogens (tertiary/aromatic N) is 1. The molecule has 2 aromatic carbocycles. The quantitative estimate of drug-likeness (QED) is 0.905. The van der Waals surface area contributed by atoms with E-state index >= 15 is 0 Å². The molecule has 130 valence electrons. The number of amides is 3. The Morgan fingerprint density at radius 3 is 2.76 bits per heavy atom. The summed E-state index contributed by atoms with van der Waals surface area (Å²) in [5, 5.41) is 5.58. The molecule has 0 spiro atoms. The Balaban J connectivity index is 1.65. The highest BCUT2D eigenvalue weighted by molar-refractivity contribution is 5.94. The normalized spacial score (nSPS) is 16.1. The van der Waals surface area contributed by atoms with Crippen molar-refractivity contribution >= 4 is 11.9 Å². The molecule has 5 nitrogen and oxygen atoms in total. The van der Waals surface area contributed by atoms with Crippen LogP contribution in [0.4, 0.5) is 4.79 Å². The van der Waals surface area contributed by atoms with Gasteiger partial charge in [0.25, 0.3) is 5.91 Å². The molecule has 1 aliphatic rings. The van der Waals surface area contributed by atoms with Crippen LogP contribution in [-0.2, 0) is 13.0 Å². The Morgan fingerprint density at radius 2 is 1.96 bits per heavy atom. The second-order valence-corrected chi connectivity index (χ2v) is 6.26. The van der Waals surface area contributed by atoms with E-state index in [1.807, 2.05) is 29.2 Å². The van der Waals surface area contributed by atoms with Crippen LogP contribution in [0.15, 0.2) is 48.5 Å². The number of hydrogen-bond acceptors (Lipinski definition) is 2. The maximum Gasteiger partial charge on any atom is 0.318 e. The number of benzene rings is 2. The van der Waals surface area contributed by atoms with Crippen LogP contribution < -0.4 is 10.6 Å². The second-order valence-electron chi connectivity index (χ2n) is 6.26. The lowest BCUT2D eigenvalue weighted by Gasteiger charge is -2.35. The molecule has 3 rings (SSSR count). The van der Waals surface area contributed by atoms with Crippen molar-refractivity contribution in [2.24, 2.45) is 0 Å². The van der Waals surface area contributed by atoms with Gasteiger partial charge < -0.3 is 15.5 Å². The molecule has 0 fully saturated rings. The third-order valence-corrected chi connectivity index (χ3v) is 4.72. The maximum atomic E-state index is 12.6. The fraction of sp³-hybridized carbons (Fsp3) is 0.300. The topological polar surface area (TPSA) is 61.4 Å². The van der Waals surface area contributed by atoms with Crippen molar-refractivity contribution in [1.29, 1.82) is 0 Å². The smallest absolute Gasteiger partial charge is 0.318 e. The van der Waals surface area contributed by atoms with E-state index < -0.39 is 0 Å². The second kappa shape index (κ2) is 7.38. The lowest BCUT2D eigenvalue weighted by molar-refractivity contribution is 0.0963. The summed E-state index contributed by atoms with van der Waals surface area (Å²) in [6.07, 6.45) is 0.875. The molecular formula is C20H23N3O2. The zero-order valence-corrected chi connectivity index (χ0v) is 14.6. The van der Waals surface area contributed by atoms with Gasteiger partial charge in [-0.15, -0.1) is 0 Å². The molecule has 0 saturated carbocycles. The summed E-state index contributed by atoms with van der Waals surface area (Å²) in [4.78, 5) is 26.2. The van der Waals surface area contributed by atoms with Gasteiger partial charge in [-0.1, -0.05) is 36.4 Å². The molecule has 2 aromatic rings. The van der Waals surface area contributed by atoms with E-state index in [2.05, 4.69) is 29.7 Å². The van der Waals surface area contributed by atoms with Crippen LogP contribution in [0.25, 0.3) is 0 Å². The van der Waals surface area contributed by atoms with Gasteiger partial charge in [-0.05, 0) is 42.2 Å². The van der Waals surface area contributed by atoms with Crippen LogP contribution >= 0.6 is 0 Å². The minimum atomic E-state index is -0.130. The number of hydrogen-bond donors (Lipinski definition) is 2. The molecular weight excluding hydrogens is 314 g/mol. The molecule has 1 heterocycles. The third kappa shape index (κ3) is 3.65. The summed E-state index contributed by atoms with van der Waals surface area (Å²) < 4.78 is 0. The van der Waals surface area contributed by atoms with Crippen LogP contribution in [0, 0.1) is 0 Å². The minimum absolute atomic E-state index is 0.0575. The van der Waals surface area contributed by atoms with Crippen molar-refractivity contribution in [2.75, 3.05) is 13.6 Å². The first-order valence-corrected chi connectivity index (χ1v) is 8.53. The molecule has 0 bridgehead atoms. The molecule has 1 unspecified atom stereocenters.